The Morgan fingerprint density at radius 1 is 1.37 bits per heavy atom. The first-order valence-corrected chi connectivity index (χ1v) is 8.01. The van der Waals surface area contributed by atoms with Crippen LogP contribution in [0.25, 0.3) is 0 Å². The van der Waals surface area contributed by atoms with Crippen LogP contribution in [0.2, 0.25) is 0 Å². The maximum absolute atomic E-state index is 6.16. The van der Waals surface area contributed by atoms with Gasteiger partial charge in [0.15, 0.2) is 0 Å². The summed E-state index contributed by atoms with van der Waals surface area (Å²) in [6.45, 7) is 3.14. The molecule has 0 amide bonds. The zero-order chi connectivity index (χ0) is 13.3. The molecule has 3 N–H and O–H groups in total. The Labute approximate surface area is 123 Å². The van der Waals surface area contributed by atoms with Crippen molar-refractivity contribution in [3.8, 4) is 0 Å². The average molecular weight is 324 g/mol. The lowest BCUT2D eigenvalue weighted by Crippen LogP contribution is -2.56. The van der Waals surface area contributed by atoms with Crippen molar-refractivity contribution in [2.75, 3.05) is 25.0 Å². The first-order chi connectivity index (χ1) is 9.23. The number of nitrogens with one attached hydrogen (secondary N) is 1. The van der Waals surface area contributed by atoms with Gasteiger partial charge in [-0.2, -0.15) is 0 Å². The number of fused-ring (bicyclic) bond motifs is 1. The normalized spacial score (nSPS) is 31.2. The van der Waals surface area contributed by atoms with E-state index in [1.54, 1.807) is 0 Å². The topological polar surface area (TPSA) is 41.3 Å². The van der Waals surface area contributed by atoms with Crippen LogP contribution in [0.4, 0.5) is 5.69 Å². The number of benzene rings is 1. The molecule has 0 radical (unpaired) electrons. The van der Waals surface area contributed by atoms with Crippen molar-refractivity contribution < 1.29 is 0 Å². The molecule has 1 aromatic carbocycles. The van der Waals surface area contributed by atoms with E-state index in [9.17, 15) is 0 Å². The van der Waals surface area contributed by atoms with Gasteiger partial charge < -0.3 is 11.1 Å². The molecule has 2 atom stereocenters. The summed E-state index contributed by atoms with van der Waals surface area (Å²) in [7, 11) is 0. The lowest BCUT2D eigenvalue weighted by atomic mass is 9.85. The minimum absolute atomic E-state index is 0.0568. The highest BCUT2D eigenvalue weighted by atomic mass is 79.9. The number of hydrogen-bond donors (Lipinski definition) is 2. The van der Waals surface area contributed by atoms with Crippen molar-refractivity contribution in [3.05, 3.63) is 28.7 Å². The molecule has 2 fully saturated rings. The Morgan fingerprint density at radius 2 is 2.26 bits per heavy atom. The molecule has 19 heavy (non-hydrogen) atoms. The van der Waals surface area contributed by atoms with E-state index >= 15 is 0 Å². The van der Waals surface area contributed by atoms with Crippen molar-refractivity contribution >= 4 is 21.6 Å². The Balaban J connectivity index is 1.83. The van der Waals surface area contributed by atoms with E-state index in [2.05, 4.69) is 50.4 Å². The Hall–Kier alpha value is -0.580. The molecule has 0 saturated carbocycles. The lowest BCUT2D eigenvalue weighted by molar-refractivity contribution is 0.167. The van der Waals surface area contributed by atoms with Crippen molar-refractivity contribution in [3.63, 3.8) is 0 Å². The number of halogens is 1. The Kier molecular flexibility index (Phi) is 3.83. The Bertz CT molecular complexity index is 451. The van der Waals surface area contributed by atoms with Crippen LogP contribution < -0.4 is 11.1 Å². The van der Waals surface area contributed by atoms with Crippen LogP contribution in [-0.2, 0) is 0 Å². The summed E-state index contributed by atoms with van der Waals surface area (Å²) in [5.74, 6) is 0. The van der Waals surface area contributed by atoms with Crippen LogP contribution in [0.1, 0.15) is 25.7 Å². The number of nitrogens with zero attached hydrogens (tertiary/aromatic N) is 1. The summed E-state index contributed by atoms with van der Waals surface area (Å²) in [5.41, 5.74) is 7.39. The molecule has 104 valence electrons. The van der Waals surface area contributed by atoms with Gasteiger partial charge >= 0.3 is 0 Å². The van der Waals surface area contributed by atoms with E-state index in [0.29, 0.717) is 12.6 Å². The van der Waals surface area contributed by atoms with Gasteiger partial charge in [0.1, 0.15) is 0 Å². The molecule has 1 aromatic rings. The largest absolute Gasteiger partial charge is 0.377 e. The van der Waals surface area contributed by atoms with E-state index in [1.165, 1.54) is 38.0 Å². The van der Waals surface area contributed by atoms with Gasteiger partial charge in [0, 0.05) is 29.3 Å². The SMILES string of the molecule is NCC1(Nc2cccc(Br)c2)CCN2CCCCC21. The van der Waals surface area contributed by atoms with Gasteiger partial charge in [0.05, 0.1) is 5.54 Å². The molecule has 3 nitrogen and oxygen atoms in total. The quantitative estimate of drug-likeness (QED) is 0.898. The summed E-state index contributed by atoms with van der Waals surface area (Å²) in [6.07, 6.45) is 5.11. The monoisotopic (exact) mass is 323 g/mol. The van der Waals surface area contributed by atoms with Crippen LogP contribution >= 0.6 is 15.9 Å². The minimum atomic E-state index is 0.0568. The zero-order valence-corrected chi connectivity index (χ0v) is 12.8. The van der Waals surface area contributed by atoms with Gasteiger partial charge in [-0.15, -0.1) is 0 Å². The number of piperidine rings is 1. The third kappa shape index (κ3) is 2.54. The third-order valence-corrected chi connectivity index (χ3v) is 5.17. The summed E-state index contributed by atoms with van der Waals surface area (Å²) in [6, 6.07) is 9.01. The number of rotatable bonds is 3. The summed E-state index contributed by atoms with van der Waals surface area (Å²) in [5, 5.41) is 3.75. The maximum atomic E-state index is 6.16. The smallest absolute Gasteiger partial charge is 0.0662 e. The van der Waals surface area contributed by atoms with Gasteiger partial charge in [-0.05, 0) is 44.0 Å². The second-order valence-corrected chi connectivity index (χ2v) is 6.71. The molecule has 0 bridgehead atoms. The van der Waals surface area contributed by atoms with Gasteiger partial charge in [-0.3, -0.25) is 4.90 Å². The van der Waals surface area contributed by atoms with Crippen LogP contribution in [0, 0.1) is 0 Å². The molecule has 3 rings (SSSR count). The maximum Gasteiger partial charge on any atom is 0.0662 e. The number of nitrogens with two attached hydrogens (primary N) is 1. The standard InChI is InChI=1S/C15H22BrN3/c16-12-4-3-5-13(10-12)18-15(11-17)7-9-19-8-2-1-6-14(15)19/h3-5,10,14,18H,1-2,6-9,11,17H2. The molecule has 0 spiro atoms. The van der Waals surface area contributed by atoms with Crippen LogP contribution in [0.15, 0.2) is 28.7 Å². The predicted octanol–water partition coefficient (Wildman–Crippen LogP) is 2.82. The van der Waals surface area contributed by atoms with Gasteiger partial charge in [-0.25, -0.2) is 0 Å². The van der Waals surface area contributed by atoms with Crippen LogP contribution in [0.5, 0.6) is 0 Å². The van der Waals surface area contributed by atoms with Gasteiger partial charge in [-0.1, -0.05) is 28.4 Å². The lowest BCUT2D eigenvalue weighted by Gasteiger charge is -2.41. The van der Waals surface area contributed by atoms with Crippen molar-refractivity contribution in [1.82, 2.24) is 4.90 Å². The van der Waals surface area contributed by atoms with Crippen molar-refractivity contribution in [2.24, 2.45) is 5.73 Å². The molecule has 2 aliphatic heterocycles. The van der Waals surface area contributed by atoms with E-state index < -0.39 is 0 Å². The summed E-state index contributed by atoms with van der Waals surface area (Å²) >= 11 is 3.54. The van der Waals surface area contributed by atoms with Crippen LogP contribution in [-0.4, -0.2) is 36.1 Å². The summed E-state index contributed by atoms with van der Waals surface area (Å²) in [4.78, 5) is 2.63. The number of hydrogen-bond acceptors (Lipinski definition) is 3. The summed E-state index contributed by atoms with van der Waals surface area (Å²) < 4.78 is 1.11. The minimum Gasteiger partial charge on any atom is -0.377 e. The number of anilines is 1. The second kappa shape index (κ2) is 5.43. The molecule has 0 aromatic heterocycles. The van der Waals surface area contributed by atoms with E-state index in [-0.39, 0.29) is 5.54 Å². The highest BCUT2D eigenvalue weighted by molar-refractivity contribution is 9.10. The predicted molar refractivity (Wildman–Crippen MR) is 83.4 cm³/mol. The molecule has 2 saturated heterocycles. The van der Waals surface area contributed by atoms with E-state index in [0.717, 1.165) is 10.9 Å². The third-order valence-electron chi connectivity index (χ3n) is 4.68. The molecule has 2 unspecified atom stereocenters. The fourth-order valence-electron chi connectivity index (χ4n) is 3.68. The highest BCUT2D eigenvalue weighted by Gasteiger charge is 2.46. The molecular weight excluding hydrogens is 302 g/mol. The fraction of sp³-hybridized carbons (Fsp3) is 0.600. The van der Waals surface area contributed by atoms with Crippen molar-refractivity contribution in [2.45, 2.75) is 37.3 Å². The van der Waals surface area contributed by atoms with Gasteiger partial charge in [0.25, 0.3) is 0 Å². The Morgan fingerprint density at radius 3 is 3.05 bits per heavy atom. The van der Waals surface area contributed by atoms with Crippen molar-refractivity contribution in [1.29, 1.82) is 0 Å². The average Bonchev–Trinajstić information content (AvgIpc) is 2.79. The molecule has 0 aliphatic carbocycles. The van der Waals surface area contributed by atoms with Gasteiger partial charge in [0.2, 0.25) is 0 Å². The molecular formula is C15H22BrN3. The molecule has 4 heteroatoms. The fourth-order valence-corrected chi connectivity index (χ4v) is 4.08. The van der Waals surface area contributed by atoms with Crippen LogP contribution in [0.3, 0.4) is 0 Å². The van der Waals surface area contributed by atoms with E-state index in [1.807, 2.05) is 0 Å². The second-order valence-electron chi connectivity index (χ2n) is 5.79. The zero-order valence-electron chi connectivity index (χ0n) is 11.2. The van der Waals surface area contributed by atoms with E-state index in [4.69, 9.17) is 5.73 Å². The first kappa shape index (κ1) is 13.4. The highest BCUT2D eigenvalue weighted by Crippen LogP contribution is 2.37. The molecule has 2 heterocycles. The molecule has 2 aliphatic rings. The first-order valence-electron chi connectivity index (χ1n) is 7.21.